The van der Waals surface area contributed by atoms with Gasteiger partial charge in [-0.3, -0.25) is 10.1 Å². The van der Waals surface area contributed by atoms with E-state index in [1.165, 1.54) is 30.5 Å². The number of carboxylic acids is 1. The average molecular weight is 300 g/mol. The number of carboxylic acid groups (broad SMARTS) is 1. The number of nitro groups is 1. The fourth-order valence-electron chi connectivity index (χ4n) is 1.94. The molecule has 8 nitrogen and oxygen atoms in total. The van der Waals surface area contributed by atoms with E-state index in [0.717, 1.165) is 12.8 Å². The SMILES string of the molecule is O=C(O)c1cnc(-c2ccc([N+](=O)[O-])cc2)nc1NC1CC1. The second-order valence-electron chi connectivity index (χ2n) is 4.98. The lowest BCUT2D eigenvalue weighted by Gasteiger charge is -2.09. The number of benzene rings is 1. The second-order valence-corrected chi connectivity index (χ2v) is 4.98. The van der Waals surface area contributed by atoms with Gasteiger partial charge in [0.1, 0.15) is 11.4 Å². The number of nitrogens with one attached hydrogen (secondary N) is 1. The first-order valence-corrected chi connectivity index (χ1v) is 6.66. The summed E-state index contributed by atoms with van der Waals surface area (Å²) >= 11 is 0. The topological polar surface area (TPSA) is 118 Å². The molecular formula is C14H12N4O4. The van der Waals surface area contributed by atoms with Gasteiger partial charge in [-0.15, -0.1) is 0 Å². The fourth-order valence-corrected chi connectivity index (χ4v) is 1.94. The summed E-state index contributed by atoms with van der Waals surface area (Å²) in [4.78, 5) is 29.6. The highest BCUT2D eigenvalue weighted by molar-refractivity contribution is 5.93. The Morgan fingerprint density at radius 2 is 2.00 bits per heavy atom. The van der Waals surface area contributed by atoms with Crippen LogP contribution in [0, 0.1) is 10.1 Å². The minimum Gasteiger partial charge on any atom is -0.477 e. The number of hydrogen-bond donors (Lipinski definition) is 2. The summed E-state index contributed by atoms with van der Waals surface area (Å²) in [6, 6.07) is 6.04. The summed E-state index contributed by atoms with van der Waals surface area (Å²) < 4.78 is 0. The minimum atomic E-state index is -1.10. The van der Waals surface area contributed by atoms with Crippen LogP contribution in [0.25, 0.3) is 11.4 Å². The maximum atomic E-state index is 11.2. The molecule has 1 aromatic carbocycles. The lowest BCUT2D eigenvalue weighted by Crippen LogP contribution is -2.11. The summed E-state index contributed by atoms with van der Waals surface area (Å²) in [7, 11) is 0. The summed E-state index contributed by atoms with van der Waals surface area (Å²) in [6.45, 7) is 0. The quantitative estimate of drug-likeness (QED) is 0.642. The van der Waals surface area contributed by atoms with Crippen molar-refractivity contribution in [3.05, 3.63) is 46.1 Å². The molecule has 3 rings (SSSR count). The molecule has 1 saturated carbocycles. The van der Waals surface area contributed by atoms with E-state index in [-0.39, 0.29) is 23.1 Å². The van der Waals surface area contributed by atoms with Crippen LogP contribution in [0.2, 0.25) is 0 Å². The molecule has 1 aliphatic rings. The van der Waals surface area contributed by atoms with Crippen LogP contribution in [-0.2, 0) is 0 Å². The Morgan fingerprint density at radius 3 is 2.55 bits per heavy atom. The van der Waals surface area contributed by atoms with Crippen molar-refractivity contribution in [1.82, 2.24) is 9.97 Å². The molecule has 0 atom stereocenters. The molecule has 112 valence electrons. The second kappa shape index (κ2) is 5.40. The third kappa shape index (κ3) is 2.85. The number of non-ortho nitro benzene ring substituents is 1. The standard InChI is InChI=1S/C14H12N4O4/c19-14(20)11-7-15-12(17-13(11)16-9-3-4-9)8-1-5-10(6-2-8)18(21)22/h1-2,5-7,9H,3-4H2,(H,19,20)(H,15,16,17). The van der Waals surface area contributed by atoms with Crippen molar-refractivity contribution in [3.63, 3.8) is 0 Å². The molecule has 1 aliphatic carbocycles. The van der Waals surface area contributed by atoms with Crippen LogP contribution >= 0.6 is 0 Å². The van der Waals surface area contributed by atoms with E-state index in [4.69, 9.17) is 5.11 Å². The molecule has 1 fully saturated rings. The minimum absolute atomic E-state index is 0.0116. The molecule has 0 spiro atoms. The molecule has 0 saturated heterocycles. The normalized spacial score (nSPS) is 13.6. The van der Waals surface area contributed by atoms with Crippen LogP contribution in [0.15, 0.2) is 30.5 Å². The van der Waals surface area contributed by atoms with E-state index >= 15 is 0 Å². The smallest absolute Gasteiger partial charge is 0.341 e. The maximum absolute atomic E-state index is 11.2. The van der Waals surface area contributed by atoms with Crippen molar-refractivity contribution < 1.29 is 14.8 Å². The van der Waals surface area contributed by atoms with E-state index in [0.29, 0.717) is 11.4 Å². The molecule has 0 unspecified atom stereocenters. The molecule has 1 aromatic heterocycles. The molecule has 0 radical (unpaired) electrons. The zero-order valence-electron chi connectivity index (χ0n) is 11.4. The predicted octanol–water partition coefficient (Wildman–Crippen LogP) is 2.32. The molecular weight excluding hydrogens is 288 g/mol. The largest absolute Gasteiger partial charge is 0.477 e. The molecule has 8 heteroatoms. The zero-order valence-corrected chi connectivity index (χ0v) is 11.4. The number of anilines is 1. The van der Waals surface area contributed by atoms with Gasteiger partial charge in [0.05, 0.1) is 4.92 Å². The lowest BCUT2D eigenvalue weighted by molar-refractivity contribution is -0.384. The van der Waals surface area contributed by atoms with Gasteiger partial charge in [-0.05, 0) is 25.0 Å². The van der Waals surface area contributed by atoms with Crippen molar-refractivity contribution in [2.75, 3.05) is 5.32 Å². The average Bonchev–Trinajstić information content (AvgIpc) is 3.31. The number of nitrogens with zero attached hydrogens (tertiary/aromatic N) is 3. The van der Waals surface area contributed by atoms with E-state index in [1.807, 2.05) is 0 Å². The van der Waals surface area contributed by atoms with Crippen LogP contribution in [0.5, 0.6) is 0 Å². The number of aromatic carboxylic acids is 1. The molecule has 2 aromatic rings. The Morgan fingerprint density at radius 1 is 1.32 bits per heavy atom. The number of carbonyl (C=O) groups is 1. The van der Waals surface area contributed by atoms with Crippen molar-refractivity contribution in [2.24, 2.45) is 0 Å². The Bertz CT molecular complexity index is 741. The highest BCUT2D eigenvalue weighted by Crippen LogP contribution is 2.27. The third-order valence-electron chi connectivity index (χ3n) is 3.27. The van der Waals surface area contributed by atoms with Crippen LogP contribution in [0.4, 0.5) is 11.5 Å². The number of hydrogen-bond acceptors (Lipinski definition) is 6. The maximum Gasteiger partial charge on any atom is 0.341 e. The zero-order chi connectivity index (χ0) is 15.7. The predicted molar refractivity (Wildman–Crippen MR) is 77.7 cm³/mol. The van der Waals surface area contributed by atoms with E-state index in [2.05, 4.69) is 15.3 Å². The van der Waals surface area contributed by atoms with Gasteiger partial charge in [0.2, 0.25) is 0 Å². The van der Waals surface area contributed by atoms with Gasteiger partial charge in [-0.25, -0.2) is 14.8 Å². The first-order valence-electron chi connectivity index (χ1n) is 6.66. The van der Waals surface area contributed by atoms with Crippen molar-refractivity contribution in [1.29, 1.82) is 0 Å². The molecule has 0 aliphatic heterocycles. The first-order chi connectivity index (χ1) is 10.5. The van der Waals surface area contributed by atoms with Gasteiger partial charge in [-0.2, -0.15) is 0 Å². The Hall–Kier alpha value is -3.03. The van der Waals surface area contributed by atoms with Crippen molar-refractivity contribution >= 4 is 17.5 Å². The van der Waals surface area contributed by atoms with Gasteiger partial charge >= 0.3 is 5.97 Å². The summed E-state index contributed by atoms with van der Waals surface area (Å²) in [5.74, 6) is -0.500. The molecule has 2 N–H and O–H groups in total. The lowest BCUT2D eigenvalue weighted by atomic mass is 10.2. The Labute approximate surface area is 125 Å². The molecule has 0 bridgehead atoms. The Kier molecular flexibility index (Phi) is 3.42. The molecule has 0 amide bonds. The van der Waals surface area contributed by atoms with Crippen molar-refractivity contribution in [2.45, 2.75) is 18.9 Å². The third-order valence-corrected chi connectivity index (χ3v) is 3.27. The van der Waals surface area contributed by atoms with Gasteiger partial charge < -0.3 is 10.4 Å². The summed E-state index contributed by atoms with van der Waals surface area (Å²) in [5, 5.41) is 22.9. The van der Waals surface area contributed by atoms with Gasteiger partial charge in [0.15, 0.2) is 5.82 Å². The van der Waals surface area contributed by atoms with E-state index < -0.39 is 10.9 Å². The Balaban J connectivity index is 1.96. The van der Waals surface area contributed by atoms with Crippen LogP contribution in [-0.4, -0.2) is 32.0 Å². The number of aromatic nitrogens is 2. The monoisotopic (exact) mass is 300 g/mol. The summed E-state index contributed by atoms with van der Waals surface area (Å²) in [6.07, 6.45) is 3.21. The summed E-state index contributed by atoms with van der Waals surface area (Å²) in [5.41, 5.74) is 0.571. The van der Waals surface area contributed by atoms with E-state index in [1.54, 1.807) is 0 Å². The first kappa shape index (κ1) is 13.9. The highest BCUT2D eigenvalue weighted by atomic mass is 16.6. The van der Waals surface area contributed by atoms with Crippen LogP contribution in [0.1, 0.15) is 23.2 Å². The van der Waals surface area contributed by atoms with Gasteiger partial charge in [-0.1, -0.05) is 0 Å². The molecule has 1 heterocycles. The van der Waals surface area contributed by atoms with Crippen molar-refractivity contribution in [3.8, 4) is 11.4 Å². The van der Waals surface area contributed by atoms with E-state index in [9.17, 15) is 14.9 Å². The number of rotatable bonds is 5. The van der Waals surface area contributed by atoms with Crippen LogP contribution in [0.3, 0.4) is 0 Å². The fraction of sp³-hybridized carbons (Fsp3) is 0.214. The van der Waals surface area contributed by atoms with Crippen LogP contribution < -0.4 is 5.32 Å². The van der Waals surface area contributed by atoms with Gasteiger partial charge in [0.25, 0.3) is 5.69 Å². The van der Waals surface area contributed by atoms with Gasteiger partial charge in [0, 0.05) is 29.9 Å². The highest BCUT2D eigenvalue weighted by Gasteiger charge is 2.24. The number of nitro benzene ring substituents is 1. The molecule has 22 heavy (non-hydrogen) atoms.